The highest BCUT2D eigenvalue weighted by atomic mass is 19.4. The van der Waals surface area contributed by atoms with Gasteiger partial charge in [-0.1, -0.05) is 30.7 Å². The summed E-state index contributed by atoms with van der Waals surface area (Å²) in [5.41, 5.74) is 4.58. The molecule has 5 nitrogen and oxygen atoms in total. The second-order valence-electron chi connectivity index (χ2n) is 8.43. The van der Waals surface area contributed by atoms with Crippen molar-refractivity contribution in [2.75, 3.05) is 18.0 Å². The molecule has 1 aliphatic carbocycles. The summed E-state index contributed by atoms with van der Waals surface area (Å²) in [5, 5.41) is 9.77. The molecule has 0 heterocycles. The number of aliphatic hydroxyl groups is 1. The predicted molar refractivity (Wildman–Crippen MR) is 117 cm³/mol. The number of amides is 1. The molecule has 186 valence electrons. The molecule has 1 saturated carbocycles. The van der Waals surface area contributed by atoms with Gasteiger partial charge in [0.15, 0.2) is 5.60 Å². The number of carbonyl (C=O) groups is 1. The molecule has 2 aromatic rings. The summed E-state index contributed by atoms with van der Waals surface area (Å²) in [4.78, 5) is 14.6. The number of hydrogen-bond donors (Lipinski definition) is 2. The van der Waals surface area contributed by atoms with Gasteiger partial charge in [0.05, 0.1) is 0 Å². The SMILES string of the molecule is NCCCCCN(C(=O)C1CC(O)(C(F)(F)F)C1)c1cccc(-c2ccc(OC(F)F)cc2)c1. The lowest BCUT2D eigenvalue weighted by Gasteiger charge is -2.45. The first-order valence-electron chi connectivity index (χ1n) is 11.0. The number of alkyl halides is 5. The second-order valence-corrected chi connectivity index (χ2v) is 8.43. The number of rotatable bonds is 10. The van der Waals surface area contributed by atoms with Crippen LogP contribution < -0.4 is 15.4 Å². The van der Waals surface area contributed by atoms with E-state index >= 15 is 0 Å². The van der Waals surface area contributed by atoms with Gasteiger partial charge in [-0.15, -0.1) is 0 Å². The van der Waals surface area contributed by atoms with Crippen molar-refractivity contribution >= 4 is 11.6 Å². The summed E-state index contributed by atoms with van der Waals surface area (Å²) in [5.74, 6) is -1.40. The first-order valence-corrected chi connectivity index (χ1v) is 11.0. The van der Waals surface area contributed by atoms with Crippen molar-refractivity contribution in [3.05, 3.63) is 48.5 Å². The molecule has 10 heteroatoms. The Balaban J connectivity index is 1.80. The van der Waals surface area contributed by atoms with Crippen LogP contribution in [0.25, 0.3) is 11.1 Å². The Hall–Kier alpha value is -2.72. The zero-order valence-electron chi connectivity index (χ0n) is 18.4. The molecule has 1 aliphatic rings. The molecule has 2 aromatic carbocycles. The molecule has 0 saturated heterocycles. The lowest BCUT2D eigenvalue weighted by atomic mass is 9.69. The van der Waals surface area contributed by atoms with E-state index in [-0.39, 0.29) is 5.75 Å². The number of carbonyl (C=O) groups excluding carboxylic acids is 1. The van der Waals surface area contributed by atoms with Crippen LogP contribution >= 0.6 is 0 Å². The molecular weight excluding hydrogens is 459 g/mol. The maximum Gasteiger partial charge on any atom is 0.417 e. The van der Waals surface area contributed by atoms with Crippen molar-refractivity contribution in [3.63, 3.8) is 0 Å². The molecule has 0 aliphatic heterocycles. The number of ether oxygens (including phenoxy) is 1. The Bertz CT molecular complexity index is 960. The van der Waals surface area contributed by atoms with E-state index in [4.69, 9.17) is 5.73 Å². The fourth-order valence-corrected chi connectivity index (χ4v) is 4.02. The van der Waals surface area contributed by atoms with Crippen molar-refractivity contribution in [2.45, 2.75) is 50.5 Å². The van der Waals surface area contributed by atoms with Gasteiger partial charge in [0.1, 0.15) is 5.75 Å². The third-order valence-electron chi connectivity index (χ3n) is 5.97. The first kappa shape index (κ1) is 25.9. The van der Waals surface area contributed by atoms with E-state index in [0.29, 0.717) is 36.3 Å². The molecule has 1 fully saturated rings. The summed E-state index contributed by atoms with van der Waals surface area (Å²) in [6, 6.07) is 12.9. The van der Waals surface area contributed by atoms with Gasteiger partial charge in [-0.3, -0.25) is 4.79 Å². The Morgan fingerprint density at radius 3 is 2.35 bits per heavy atom. The monoisotopic (exact) mass is 486 g/mol. The number of halogens is 5. The lowest BCUT2D eigenvalue weighted by molar-refractivity contribution is -0.295. The van der Waals surface area contributed by atoms with Crippen LogP contribution in [0.2, 0.25) is 0 Å². The van der Waals surface area contributed by atoms with Gasteiger partial charge in [-0.2, -0.15) is 22.0 Å². The van der Waals surface area contributed by atoms with Gasteiger partial charge < -0.3 is 20.5 Å². The number of benzene rings is 2. The summed E-state index contributed by atoms with van der Waals surface area (Å²) in [6.45, 7) is -2.14. The predicted octanol–water partition coefficient (Wildman–Crippen LogP) is 5.12. The van der Waals surface area contributed by atoms with Crippen LogP contribution in [0, 0.1) is 5.92 Å². The highest BCUT2D eigenvalue weighted by Gasteiger charge is 2.63. The topological polar surface area (TPSA) is 75.8 Å². The smallest absolute Gasteiger partial charge is 0.417 e. The minimum absolute atomic E-state index is 0.00810. The Morgan fingerprint density at radius 1 is 1.09 bits per heavy atom. The average molecular weight is 486 g/mol. The van der Waals surface area contributed by atoms with Crippen LogP contribution in [0.1, 0.15) is 32.1 Å². The molecule has 0 atom stereocenters. The molecular formula is C24H27F5N2O3. The van der Waals surface area contributed by atoms with E-state index in [1.807, 2.05) is 0 Å². The minimum Gasteiger partial charge on any atom is -0.435 e. The molecule has 0 spiro atoms. The van der Waals surface area contributed by atoms with Crippen LogP contribution in [-0.2, 0) is 4.79 Å². The van der Waals surface area contributed by atoms with Crippen LogP contribution in [0.15, 0.2) is 48.5 Å². The number of hydrogen-bond acceptors (Lipinski definition) is 4. The largest absolute Gasteiger partial charge is 0.435 e. The lowest BCUT2D eigenvalue weighted by Crippen LogP contribution is -2.59. The van der Waals surface area contributed by atoms with Gasteiger partial charge in [-0.05, 0) is 67.6 Å². The van der Waals surface area contributed by atoms with Crippen LogP contribution in [0.5, 0.6) is 5.75 Å². The standard InChI is InChI=1S/C24H27F5N2O3/c25-22(26)34-20-9-7-16(8-10-20)17-5-4-6-19(13-17)31(12-3-1-2-11-30)21(32)18-14-23(33,15-18)24(27,28)29/h4-10,13,18,22,33H,1-3,11-12,14-15,30H2. The van der Waals surface area contributed by atoms with Gasteiger partial charge in [-0.25, -0.2) is 0 Å². The third kappa shape index (κ3) is 6.04. The number of unbranched alkanes of at least 4 members (excludes halogenated alkanes) is 2. The zero-order chi connectivity index (χ0) is 24.9. The normalized spacial score (nSPS) is 20.2. The van der Waals surface area contributed by atoms with Crippen molar-refractivity contribution in [3.8, 4) is 16.9 Å². The van der Waals surface area contributed by atoms with Crippen molar-refractivity contribution in [2.24, 2.45) is 11.7 Å². The van der Waals surface area contributed by atoms with E-state index in [2.05, 4.69) is 4.74 Å². The van der Waals surface area contributed by atoms with Gasteiger partial charge >= 0.3 is 12.8 Å². The van der Waals surface area contributed by atoms with Crippen LogP contribution in [0.4, 0.5) is 27.6 Å². The molecule has 3 N–H and O–H groups in total. The second kappa shape index (κ2) is 10.7. The van der Waals surface area contributed by atoms with Gasteiger partial charge in [0.2, 0.25) is 5.91 Å². The Kier molecular flexibility index (Phi) is 8.14. The molecule has 0 bridgehead atoms. The highest BCUT2D eigenvalue weighted by Crippen LogP contribution is 2.49. The maximum atomic E-state index is 13.1. The minimum atomic E-state index is -4.78. The van der Waals surface area contributed by atoms with Crippen LogP contribution in [-0.4, -0.2) is 42.5 Å². The number of anilines is 1. The maximum absolute atomic E-state index is 13.1. The molecule has 1 amide bonds. The molecule has 0 unspecified atom stereocenters. The summed E-state index contributed by atoms with van der Waals surface area (Å²) >= 11 is 0. The molecule has 3 rings (SSSR count). The van der Waals surface area contributed by atoms with Gasteiger partial charge in [0.25, 0.3) is 0 Å². The van der Waals surface area contributed by atoms with E-state index in [1.54, 1.807) is 36.4 Å². The number of nitrogens with two attached hydrogens (primary N) is 1. The summed E-state index contributed by atoms with van der Waals surface area (Å²) < 4.78 is 68.2. The van der Waals surface area contributed by atoms with E-state index in [9.17, 15) is 31.9 Å². The van der Waals surface area contributed by atoms with Crippen molar-refractivity contribution in [1.29, 1.82) is 0 Å². The third-order valence-corrected chi connectivity index (χ3v) is 5.97. The quantitative estimate of drug-likeness (QED) is 0.361. The zero-order valence-corrected chi connectivity index (χ0v) is 18.4. The van der Waals surface area contributed by atoms with E-state index in [1.165, 1.54) is 17.0 Å². The van der Waals surface area contributed by atoms with Crippen molar-refractivity contribution in [1.82, 2.24) is 0 Å². The fraction of sp³-hybridized carbons (Fsp3) is 0.458. The van der Waals surface area contributed by atoms with E-state index in [0.717, 1.165) is 12.8 Å². The molecule has 0 radical (unpaired) electrons. The fourth-order valence-electron chi connectivity index (χ4n) is 4.02. The van der Waals surface area contributed by atoms with Crippen LogP contribution in [0.3, 0.4) is 0 Å². The highest BCUT2D eigenvalue weighted by molar-refractivity contribution is 5.96. The number of nitrogens with zero attached hydrogens (tertiary/aromatic N) is 1. The molecule has 0 aromatic heterocycles. The summed E-state index contributed by atoms with van der Waals surface area (Å²) in [6.07, 6.45) is -3.99. The van der Waals surface area contributed by atoms with Crippen molar-refractivity contribution < 1.29 is 36.6 Å². The average Bonchev–Trinajstić information content (AvgIpc) is 2.76. The molecule has 34 heavy (non-hydrogen) atoms. The summed E-state index contributed by atoms with van der Waals surface area (Å²) in [7, 11) is 0. The first-order chi connectivity index (χ1) is 16.0. The Morgan fingerprint density at radius 2 is 1.76 bits per heavy atom. The Labute approximate surface area is 194 Å². The van der Waals surface area contributed by atoms with E-state index < -0.39 is 43.1 Å². The van der Waals surface area contributed by atoms with Gasteiger partial charge in [0, 0.05) is 18.2 Å².